The van der Waals surface area contributed by atoms with Gasteiger partial charge in [-0.25, -0.2) is 0 Å². The maximum absolute atomic E-state index is 12.4. The molecule has 3 saturated heterocycles. The minimum absolute atomic E-state index is 0.0137. The number of ether oxygens (including phenoxy) is 1. The number of piperidine rings is 1. The maximum atomic E-state index is 12.4. The van der Waals surface area contributed by atoms with Crippen molar-refractivity contribution in [2.24, 2.45) is 5.92 Å². The molecule has 1 aliphatic carbocycles. The molecule has 5 heteroatoms. The molecule has 0 unspecified atom stereocenters. The first kappa shape index (κ1) is 18.4. The van der Waals surface area contributed by atoms with Crippen molar-refractivity contribution < 1.29 is 9.53 Å². The van der Waals surface area contributed by atoms with E-state index in [9.17, 15) is 4.79 Å². The third-order valence-corrected chi connectivity index (χ3v) is 7.33. The zero-order valence-corrected chi connectivity index (χ0v) is 16.9. The fourth-order valence-corrected chi connectivity index (χ4v) is 5.37. The lowest BCUT2D eigenvalue weighted by Gasteiger charge is -2.50. The van der Waals surface area contributed by atoms with Crippen LogP contribution in [0.15, 0.2) is 30.3 Å². The molecule has 5 rings (SSSR count). The normalized spacial score (nSPS) is 28.5. The van der Waals surface area contributed by atoms with E-state index in [-0.39, 0.29) is 5.60 Å². The lowest BCUT2D eigenvalue weighted by molar-refractivity contribution is -0.150. The van der Waals surface area contributed by atoms with Crippen LogP contribution < -0.4 is 4.90 Å². The molecule has 4 fully saturated rings. The summed E-state index contributed by atoms with van der Waals surface area (Å²) >= 11 is 0. The average Bonchev–Trinajstić information content (AvgIpc) is 3.60. The van der Waals surface area contributed by atoms with Crippen LogP contribution in [0.1, 0.15) is 38.5 Å². The Bertz CT molecular complexity index is 674. The van der Waals surface area contributed by atoms with Crippen LogP contribution in [-0.4, -0.2) is 73.2 Å². The topological polar surface area (TPSA) is 36.0 Å². The number of hydrogen-bond acceptors (Lipinski definition) is 4. The Labute approximate surface area is 168 Å². The summed E-state index contributed by atoms with van der Waals surface area (Å²) in [7, 11) is 0. The van der Waals surface area contributed by atoms with Gasteiger partial charge in [0.15, 0.2) is 0 Å². The molecule has 1 aromatic rings. The number of para-hydroxylation sites is 1. The second-order valence-electron chi connectivity index (χ2n) is 9.14. The fraction of sp³-hybridized carbons (Fsp3) is 0.696. The highest BCUT2D eigenvalue weighted by molar-refractivity contribution is 5.81. The molecule has 0 N–H and O–H groups in total. The molecule has 3 aliphatic heterocycles. The molecule has 28 heavy (non-hydrogen) atoms. The van der Waals surface area contributed by atoms with Crippen LogP contribution in [0.4, 0.5) is 5.69 Å². The molecule has 152 valence electrons. The van der Waals surface area contributed by atoms with E-state index in [1.807, 2.05) is 0 Å². The molecule has 3 heterocycles. The van der Waals surface area contributed by atoms with Crippen molar-refractivity contribution in [1.29, 1.82) is 0 Å². The second kappa shape index (κ2) is 7.68. The summed E-state index contributed by atoms with van der Waals surface area (Å²) in [6.07, 6.45) is 6.54. The van der Waals surface area contributed by atoms with E-state index in [1.165, 1.54) is 5.69 Å². The van der Waals surface area contributed by atoms with E-state index in [0.717, 1.165) is 84.4 Å². The van der Waals surface area contributed by atoms with Crippen molar-refractivity contribution >= 4 is 11.6 Å². The predicted molar refractivity (Wildman–Crippen MR) is 110 cm³/mol. The van der Waals surface area contributed by atoms with E-state index >= 15 is 0 Å². The van der Waals surface area contributed by atoms with Crippen LogP contribution in [0, 0.1) is 5.92 Å². The van der Waals surface area contributed by atoms with Crippen molar-refractivity contribution in [3.63, 3.8) is 0 Å². The second-order valence-corrected chi connectivity index (χ2v) is 9.14. The molecule has 4 aliphatic rings. The van der Waals surface area contributed by atoms with Gasteiger partial charge in [-0.05, 0) is 50.7 Å². The van der Waals surface area contributed by atoms with Crippen molar-refractivity contribution in [2.45, 2.75) is 50.2 Å². The summed E-state index contributed by atoms with van der Waals surface area (Å²) in [6.45, 7) is 7.16. The summed E-state index contributed by atoms with van der Waals surface area (Å²) in [5, 5.41) is 0. The molecule has 0 bridgehead atoms. The molecule has 1 amide bonds. The number of amides is 1. The minimum Gasteiger partial charge on any atom is -0.375 e. The first-order valence-electron chi connectivity index (χ1n) is 11.2. The molecule has 1 spiro atoms. The maximum Gasteiger partial charge on any atom is 0.225 e. The molecular formula is C23H33N3O2. The lowest BCUT2D eigenvalue weighted by atomic mass is 9.81. The number of rotatable bonds is 3. The third-order valence-electron chi connectivity index (χ3n) is 7.33. The molecule has 1 atom stereocenters. The standard InChI is InChI=1S/C23H33N3O2/c27-22(19-6-7-19)26-11-9-23(10-12-26)18-21(8-17-28-23)25-15-13-24(14-16-25)20-4-2-1-3-5-20/h1-5,19,21H,6-18H2/t21-/m0/s1. The highest BCUT2D eigenvalue weighted by Gasteiger charge is 2.44. The Morgan fingerprint density at radius 3 is 2.32 bits per heavy atom. The molecule has 1 aromatic carbocycles. The number of piperazine rings is 1. The van der Waals surface area contributed by atoms with Crippen LogP contribution in [0.5, 0.6) is 0 Å². The van der Waals surface area contributed by atoms with Crippen molar-refractivity contribution in [1.82, 2.24) is 9.80 Å². The van der Waals surface area contributed by atoms with Gasteiger partial charge in [-0.3, -0.25) is 9.69 Å². The highest BCUT2D eigenvalue weighted by Crippen LogP contribution is 2.39. The van der Waals surface area contributed by atoms with Crippen LogP contribution in [0.2, 0.25) is 0 Å². The third kappa shape index (κ3) is 3.79. The van der Waals surface area contributed by atoms with Crippen molar-refractivity contribution in [2.75, 3.05) is 50.8 Å². The largest absolute Gasteiger partial charge is 0.375 e. The van der Waals surface area contributed by atoms with Gasteiger partial charge < -0.3 is 14.5 Å². The Balaban J connectivity index is 1.15. The molecular weight excluding hydrogens is 350 g/mol. The number of anilines is 1. The van der Waals surface area contributed by atoms with Gasteiger partial charge in [0.25, 0.3) is 0 Å². The molecule has 0 aromatic heterocycles. The number of hydrogen-bond donors (Lipinski definition) is 0. The molecule has 0 radical (unpaired) electrons. The van der Waals surface area contributed by atoms with Gasteiger partial charge in [-0.1, -0.05) is 18.2 Å². The monoisotopic (exact) mass is 383 g/mol. The number of likely N-dealkylation sites (tertiary alicyclic amines) is 1. The van der Waals surface area contributed by atoms with Crippen LogP contribution in [0.25, 0.3) is 0 Å². The Morgan fingerprint density at radius 2 is 1.64 bits per heavy atom. The van der Waals surface area contributed by atoms with E-state index in [2.05, 4.69) is 45.0 Å². The Hall–Kier alpha value is -1.59. The molecule has 1 saturated carbocycles. The Morgan fingerprint density at radius 1 is 0.929 bits per heavy atom. The smallest absolute Gasteiger partial charge is 0.225 e. The van der Waals surface area contributed by atoms with Crippen molar-refractivity contribution in [3.8, 4) is 0 Å². The lowest BCUT2D eigenvalue weighted by Crippen LogP contribution is -2.57. The average molecular weight is 384 g/mol. The zero-order chi connectivity index (χ0) is 19.0. The summed E-state index contributed by atoms with van der Waals surface area (Å²) in [5.41, 5.74) is 1.36. The summed E-state index contributed by atoms with van der Waals surface area (Å²) in [4.78, 5) is 19.7. The number of benzene rings is 1. The quantitative estimate of drug-likeness (QED) is 0.804. The van der Waals surface area contributed by atoms with Crippen LogP contribution in [0.3, 0.4) is 0 Å². The summed E-state index contributed by atoms with van der Waals surface area (Å²) < 4.78 is 6.35. The highest BCUT2D eigenvalue weighted by atomic mass is 16.5. The van der Waals surface area contributed by atoms with Crippen LogP contribution in [-0.2, 0) is 9.53 Å². The van der Waals surface area contributed by atoms with Gasteiger partial charge in [0.05, 0.1) is 5.60 Å². The summed E-state index contributed by atoms with van der Waals surface area (Å²) in [5.74, 6) is 0.745. The summed E-state index contributed by atoms with van der Waals surface area (Å²) in [6, 6.07) is 11.4. The number of carbonyl (C=O) groups is 1. The van der Waals surface area contributed by atoms with E-state index in [0.29, 0.717) is 17.9 Å². The first-order chi connectivity index (χ1) is 13.7. The van der Waals surface area contributed by atoms with E-state index in [1.54, 1.807) is 0 Å². The first-order valence-corrected chi connectivity index (χ1v) is 11.2. The van der Waals surface area contributed by atoms with Gasteiger partial charge in [-0.2, -0.15) is 0 Å². The Kier molecular flexibility index (Phi) is 5.06. The SMILES string of the molecule is O=C(C1CC1)N1CCC2(CC1)C[C@@H](N1CCN(c3ccccc3)CC1)CCO2. The van der Waals surface area contributed by atoms with Gasteiger partial charge in [0, 0.05) is 63.5 Å². The number of carbonyl (C=O) groups excluding carboxylic acids is 1. The van der Waals surface area contributed by atoms with Gasteiger partial charge in [-0.15, -0.1) is 0 Å². The number of nitrogens with zero attached hydrogens (tertiary/aromatic N) is 3. The van der Waals surface area contributed by atoms with Crippen LogP contribution >= 0.6 is 0 Å². The molecule has 5 nitrogen and oxygen atoms in total. The van der Waals surface area contributed by atoms with E-state index in [4.69, 9.17) is 4.74 Å². The zero-order valence-electron chi connectivity index (χ0n) is 16.9. The van der Waals surface area contributed by atoms with Gasteiger partial charge in [0.2, 0.25) is 5.91 Å². The van der Waals surface area contributed by atoms with Gasteiger partial charge in [0.1, 0.15) is 0 Å². The van der Waals surface area contributed by atoms with Gasteiger partial charge >= 0.3 is 0 Å². The minimum atomic E-state index is 0.0137. The van der Waals surface area contributed by atoms with Crippen molar-refractivity contribution in [3.05, 3.63) is 30.3 Å². The van der Waals surface area contributed by atoms with E-state index < -0.39 is 0 Å². The predicted octanol–water partition coefficient (Wildman–Crippen LogP) is 2.76. The fourth-order valence-electron chi connectivity index (χ4n) is 5.37.